The van der Waals surface area contributed by atoms with Gasteiger partial charge in [-0.05, 0) is 18.4 Å². The highest BCUT2D eigenvalue weighted by atomic mass is 15.2. The summed E-state index contributed by atoms with van der Waals surface area (Å²) in [5, 5.41) is 6.93. The minimum atomic E-state index is 0.785. The summed E-state index contributed by atoms with van der Waals surface area (Å²) in [6.07, 6.45) is 0. The first-order chi connectivity index (χ1) is 7.20. The second-order valence-corrected chi connectivity index (χ2v) is 5.02. The molecule has 15 heavy (non-hydrogen) atoms. The van der Waals surface area contributed by atoms with Gasteiger partial charge >= 0.3 is 0 Å². The Morgan fingerprint density at radius 2 is 1.87 bits per heavy atom. The van der Waals surface area contributed by atoms with Crippen molar-refractivity contribution in [3.05, 3.63) is 0 Å². The standard InChI is InChI=1S/C12H27N3/c1-11(2)12(3)10-14-6-9-15-7-4-13-5-8-15/h11-14H,4-10H2,1-3H3. The summed E-state index contributed by atoms with van der Waals surface area (Å²) in [6.45, 7) is 15.1. The molecule has 0 bridgehead atoms. The van der Waals surface area contributed by atoms with E-state index in [1.807, 2.05) is 0 Å². The molecule has 3 nitrogen and oxygen atoms in total. The van der Waals surface area contributed by atoms with Crippen LogP contribution in [0.3, 0.4) is 0 Å². The molecule has 0 aromatic rings. The number of piperazine rings is 1. The van der Waals surface area contributed by atoms with Crippen LogP contribution in [0.15, 0.2) is 0 Å². The van der Waals surface area contributed by atoms with Gasteiger partial charge in [-0.2, -0.15) is 0 Å². The van der Waals surface area contributed by atoms with Gasteiger partial charge in [-0.15, -0.1) is 0 Å². The maximum atomic E-state index is 3.55. The molecule has 1 rings (SSSR count). The van der Waals surface area contributed by atoms with Crippen LogP contribution in [-0.2, 0) is 0 Å². The molecule has 0 amide bonds. The lowest BCUT2D eigenvalue weighted by Crippen LogP contribution is -2.46. The molecule has 1 unspecified atom stereocenters. The van der Waals surface area contributed by atoms with Gasteiger partial charge in [-0.3, -0.25) is 4.90 Å². The molecule has 0 saturated carbocycles. The summed E-state index contributed by atoms with van der Waals surface area (Å²) in [5.74, 6) is 1.57. The summed E-state index contributed by atoms with van der Waals surface area (Å²) >= 11 is 0. The number of nitrogens with one attached hydrogen (secondary N) is 2. The summed E-state index contributed by atoms with van der Waals surface area (Å²) in [6, 6.07) is 0. The second-order valence-electron chi connectivity index (χ2n) is 5.02. The van der Waals surface area contributed by atoms with Gasteiger partial charge in [0, 0.05) is 39.3 Å². The summed E-state index contributed by atoms with van der Waals surface area (Å²) in [5.41, 5.74) is 0. The third-order valence-corrected chi connectivity index (χ3v) is 3.42. The molecule has 90 valence electrons. The molecule has 1 atom stereocenters. The minimum absolute atomic E-state index is 0.785. The van der Waals surface area contributed by atoms with Crippen LogP contribution >= 0.6 is 0 Å². The Morgan fingerprint density at radius 3 is 2.47 bits per heavy atom. The van der Waals surface area contributed by atoms with E-state index in [9.17, 15) is 0 Å². The van der Waals surface area contributed by atoms with Crippen molar-refractivity contribution in [2.75, 3.05) is 45.8 Å². The molecule has 0 aromatic carbocycles. The van der Waals surface area contributed by atoms with Crippen LogP contribution in [0.5, 0.6) is 0 Å². The zero-order valence-electron chi connectivity index (χ0n) is 10.6. The average Bonchev–Trinajstić information content (AvgIpc) is 2.25. The molecular weight excluding hydrogens is 186 g/mol. The van der Waals surface area contributed by atoms with E-state index in [1.54, 1.807) is 0 Å². The number of rotatable bonds is 6. The highest BCUT2D eigenvalue weighted by Crippen LogP contribution is 2.07. The van der Waals surface area contributed by atoms with Crippen molar-refractivity contribution in [1.29, 1.82) is 0 Å². The fraction of sp³-hybridized carbons (Fsp3) is 1.00. The predicted octanol–water partition coefficient (Wildman–Crippen LogP) is 0.773. The topological polar surface area (TPSA) is 27.3 Å². The Balaban J connectivity index is 1.96. The summed E-state index contributed by atoms with van der Waals surface area (Å²) in [7, 11) is 0. The molecule has 0 radical (unpaired) electrons. The Hall–Kier alpha value is -0.120. The molecule has 0 aromatic heterocycles. The lowest BCUT2D eigenvalue weighted by atomic mass is 9.98. The van der Waals surface area contributed by atoms with Crippen LogP contribution in [0, 0.1) is 11.8 Å². The molecule has 1 heterocycles. The monoisotopic (exact) mass is 213 g/mol. The first kappa shape index (κ1) is 12.9. The second kappa shape index (κ2) is 7.20. The fourth-order valence-electron chi connectivity index (χ4n) is 1.74. The van der Waals surface area contributed by atoms with Gasteiger partial charge < -0.3 is 10.6 Å². The van der Waals surface area contributed by atoms with Crippen molar-refractivity contribution in [1.82, 2.24) is 15.5 Å². The third kappa shape index (κ3) is 5.50. The zero-order valence-corrected chi connectivity index (χ0v) is 10.6. The SMILES string of the molecule is CC(C)C(C)CNCCN1CCNCC1. The maximum absolute atomic E-state index is 3.55. The van der Waals surface area contributed by atoms with Gasteiger partial charge in [-0.25, -0.2) is 0 Å². The van der Waals surface area contributed by atoms with Crippen molar-refractivity contribution in [2.24, 2.45) is 11.8 Å². The zero-order chi connectivity index (χ0) is 11.1. The molecule has 1 aliphatic heterocycles. The molecule has 2 N–H and O–H groups in total. The van der Waals surface area contributed by atoms with Gasteiger partial charge in [0.2, 0.25) is 0 Å². The Morgan fingerprint density at radius 1 is 1.20 bits per heavy atom. The highest BCUT2D eigenvalue weighted by molar-refractivity contribution is 4.69. The quantitative estimate of drug-likeness (QED) is 0.638. The van der Waals surface area contributed by atoms with Crippen LogP contribution in [0.1, 0.15) is 20.8 Å². The van der Waals surface area contributed by atoms with Crippen LogP contribution < -0.4 is 10.6 Å². The smallest absolute Gasteiger partial charge is 0.0108 e. The number of hydrogen-bond acceptors (Lipinski definition) is 3. The fourth-order valence-corrected chi connectivity index (χ4v) is 1.74. The number of nitrogens with zero attached hydrogens (tertiary/aromatic N) is 1. The molecular formula is C12H27N3. The van der Waals surface area contributed by atoms with Gasteiger partial charge in [0.1, 0.15) is 0 Å². The minimum Gasteiger partial charge on any atom is -0.315 e. The Kier molecular flexibility index (Phi) is 6.22. The summed E-state index contributed by atoms with van der Waals surface area (Å²) in [4.78, 5) is 2.53. The van der Waals surface area contributed by atoms with E-state index < -0.39 is 0 Å². The van der Waals surface area contributed by atoms with Gasteiger partial charge in [0.05, 0.1) is 0 Å². The molecule has 0 aliphatic carbocycles. The van der Waals surface area contributed by atoms with Gasteiger partial charge in [0.25, 0.3) is 0 Å². The number of hydrogen-bond donors (Lipinski definition) is 2. The third-order valence-electron chi connectivity index (χ3n) is 3.42. The van der Waals surface area contributed by atoms with Crippen molar-refractivity contribution in [3.8, 4) is 0 Å². The van der Waals surface area contributed by atoms with Crippen LogP contribution in [0.4, 0.5) is 0 Å². The molecule has 0 spiro atoms. The van der Waals surface area contributed by atoms with Crippen LogP contribution in [-0.4, -0.2) is 50.7 Å². The van der Waals surface area contributed by atoms with E-state index in [2.05, 4.69) is 36.3 Å². The molecule has 1 saturated heterocycles. The molecule has 1 aliphatic rings. The lowest BCUT2D eigenvalue weighted by molar-refractivity contribution is 0.238. The summed E-state index contributed by atoms with van der Waals surface area (Å²) < 4.78 is 0. The van der Waals surface area contributed by atoms with E-state index in [0.29, 0.717) is 0 Å². The highest BCUT2D eigenvalue weighted by Gasteiger charge is 2.09. The van der Waals surface area contributed by atoms with Crippen LogP contribution in [0.2, 0.25) is 0 Å². The van der Waals surface area contributed by atoms with Crippen molar-refractivity contribution in [2.45, 2.75) is 20.8 Å². The van der Waals surface area contributed by atoms with E-state index in [1.165, 1.54) is 19.6 Å². The van der Waals surface area contributed by atoms with E-state index in [-0.39, 0.29) is 0 Å². The van der Waals surface area contributed by atoms with Crippen molar-refractivity contribution in [3.63, 3.8) is 0 Å². The van der Waals surface area contributed by atoms with Gasteiger partial charge in [-0.1, -0.05) is 20.8 Å². The molecule has 3 heteroatoms. The van der Waals surface area contributed by atoms with Gasteiger partial charge in [0.15, 0.2) is 0 Å². The first-order valence-corrected chi connectivity index (χ1v) is 6.34. The molecule has 1 fully saturated rings. The largest absolute Gasteiger partial charge is 0.315 e. The van der Waals surface area contributed by atoms with E-state index in [0.717, 1.165) is 38.0 Å². The lowest BCUT2D eigenvalue weighted by Gasteiger charge is -2.27. The maximum Gasteiger partial charge on any atom is 0.0108 e. The van der Waals surface area contributed by atoms with Crippen molar-refractivity contribution >= 4 is 0 Å². The van der Waals surface area contributed by atoms with E-state index >= 15 is 0 Å². The first-order valence-electron chi connectivity index (χ1n) is 6.34. The Labute approximate surface area is 94.6 Å². The Bertz CT molecular complexity index is 153. The van der Waals surface area contributed by atoms with E-state index in [4.69, 9.17) is 0 Å². The normalized spacial score (nSPS) is 20.8. The average molecular weight is 213 g/mol. The van der Waals surface area contributed by atoms with Crippen molar-refractivity contribution < 1.29 is 0 Å². The van der Waals surface area contributed by atoms with Crippen LogP contribution in [0.25, 0.3) is 0 Å². The predicted molar refractivity (Wildman–Crippen MR) is 66.2 cm³/mol.